The highest BCUT2D eigenvalue weighted by Gasteiger charge is 2.25. The molecule has 106 valence electrons. The number of hydrogen-bond donors (Lipinski definition) is 1. The zero-order valence-corrected chi connectivity index (χ0v) is 13.9. The Morgan fingerprint density at radius 1 is 1.00 bits per heavy atom. The van der Waals surface area contributed by atoms with Gasteiger partial charge in [-0.15, -0.1) is 0 Å². The molecule has 1 nitrogen and oxygen atoms in total. The largest absolute Gasteiger partial charge is 0.305 e. The molecule has 0 saturated heterocycles. The smallest absolute Gasteiger partial charge is 0.0372 e. The Labute approximate surface area is 130 Å². The lowest BCUT2D eigenvalue weighted by molar-refractivity contribution is 0.271. The molecule has 0 aliphatic rings. The van der Waals surface area contributed by atoms with E-state index in [2.05, 4.69) is 96.6 Å². The molecule has 20 heavy (non-hydrogen) atoms. The van der Waals surface area contributed by atoms with Crippen molar-refractivity contribution >= 4 is 15.9 Å². The lowest BCUT2D eigenvalue weighted by Crippen LogP contribution is -2.32. The monoisotopic (exact) mass is 331 g/mol. The fraction of sp³-hybridized carbons (Fsp3) is 0.333. The van der Waals surface area contributed by atoms with Crippen LogP contribution in [0.25, 0.3) is 0 Å². The lowest BCUT2D eigenvalue weighted by atomic mass is 9.82. The molecule has 0 amide bonds. The van der Waals surface area contributed by atoms with E-state index < -0.39 is 0 Å². The molecule has 0 aromatic heterocycles. The molecule has 0 fully saturated rings. The molecule has 0 saturated carbocycles. The number of halogens is 1. The van der Waals surface area contributed by atoms with Gasteiger partial charge in [-0.25, -0.2) is 0 Å². The van der Waals surface area contributed by atoms with Crippen molar-refractivity contribution in [2.24, 2.45) is 5.41 Å². The van der Waals surface area contributed by atoms with Gasteiger partial charge in [0.15, 0.2) is 0 Å². The normalized spacial score (nSPS) is 13.2. The van der Waals surface area contributed by atoms with Gasteiger partial charge in [-0.3, -0.25) is 0 Å². The van der Waals surface area contributed by atoms with Gasteiger partial charge in [-0.05, 0) is 28.7 Å². The second-order valence-electron chi connectivity index (χ2n) is 6.22. The highest BCUT2D eigenvalue weighted by atomic mass is 79.9. The van der Waals surface area contributed by atoms with Gasteiger partial charge in [0.25, 0.3) is 0 Å². The van der Waals surface area contributed by atoms with E-state index in [4.69, 9.17) is 0 Å². The molecular weight excluding hydrogens is 310 g/mol. The zero-order valence-electron chi connectivity index (χ0n) is 12.4. The number of nitrogens with one attached hydrogen (secondary N) is 1. The Balaban J connectivity index is 2.14. The third-order valence-electron chi connectivity index (χ3n) is 3.40. The van der Waals surface area contributed by atoms with Crippen molar-refractivity contribution in [3.8, 4) is 0 Å². The molecule has 0 spiro atoms. The van der Waals surface area contributed by atoms with Crippen LogP contribution in [-0.4, -0.2) is 0 Å². The number of benzene rings is 2. The maximum absolute atomic E-state index is 3.70. The highest BCUT2D eigenvalue weighted by Crippen LogP contribution is 2.32. The van der Waals surface area contributed by atoms with Crippen LogP contribution in [-0.2, 0) is 6.54 Å². The minimum Gasteiger partial charge on any atom is -0.305 e. The van der Waals surface area contributed by atoms with Crippen LogP contribution < -0.4 is 5.32 Å². The highest BCUT2D eigenvalue weighted by molar-refractivity contribution is 9.10. The Morgan fingerprint density at radius 3 is 2.30 bits per heavy atom. The first-order chi connectivity index (χ1) is 9.47. The van der Waals surface area contributed by atoms with E-state index in [9.17, 15) is 0 Å². The quantitative estimate of drug-likeness (QED) is 0.798. The Kier molecular flexibility index (Phi) is 5.00. The first-order valence-electron chi connectivity index (χ1n) is 6.99. The second-order valence-corrected chi connectivity index (χ2v) is 7.14. The molecule has 2 rings (SSSR count). The molecule has 1 N–H and O–H groups in total. The fourth-order valence-corrected chi connectivity index (χ4v) is 2.88. The van der Waals surface area contributed by atoms with Crippen LogP contribution in [0.2, 0.25) is 0 Å². The summed E-state index contributed by atoms with van der Waals surface area (Å²) < 4.78 is 1.13. The van der Waals surface area contributed by atoms with Crippen LogP contribution in [0.3, 0.4) is 0 Å². The summed E-state index contributed by atoms with van der Waals surface area (Å²) in [6, 6.07) is 19.5. The predicted molar refractivity (Wildman–Crippen MR) is 89.6 cm³/mol. The molecule has 1 atom stereocenters. The molecule has 0 aliphatic carbocycles. The van der Waals surface area contributed by atoms with Crippen LogP contribution in [0.4, 0.5) is 0 Å². The van der Waals surface area contributed by atoms with E-state index in [1.807, 2.05) is 0 Å². The summed E-state index contributed by atoms with van der Waals surface area (Å²) in [7, 11) is 0. The average molecular weight is 332 g/mol. The van der Waals surface area contributed by atoms with Crippen LogP contribution >= 0.6 is 15.9 Å². The standard InChI is InChI=1S/C18H22BrN/c1-18(2,3)17(15-9-5-4-6-10-15)20-13-14-8-7-11-16(19)12-14/h4-12,17,20H,13H2,1-3H3. The van der Waals surface area contributed by atoms with Crippen molar-refractivity contribution in [3.05, 3.63) is 70.2 Å². The molecule has 0 aliphatic heterocycles. The maximum atomic E-state index is 3.70. The molecular formula is C18H22BrN. The third kappa shape index (κ3) is 4.19. The average Bonchev–Trinajstić information content (AvgIpc) is 2.39. The van der Waals surface area contributed by atoms with E-state index in [1.165, 1.54) is 11.1 Å². The van der Waals surface area contributed by atoms with Gasteiger partial charge in [0.2, 0.25) is 0 Å². The van der Waals surface area contributed by atoms with Gasteiger partial charge in [-0.2, -0.15) is 0 Å². The first-order valence-corrected chi connectivity index (χ1v) is 7.79. The van der Waals surface area contributed by atoms with Gasteiger partial charge in [-0.1, -0.05) is 79.2 Å². The summed E-state index contributed by atoms with van der Waals surface area (Å²) in [5, 5.41) is 3.70. The van der Waals surface area contributed by atoms with Gasteiger partial charge < -0.3 is 5.32 Å². The van der Waals surface area contributed by atoms with Crippen LogP contribution in [0, 0.1) is 5.41 Å². The fourth-order valence-electron chi connectivity index (χ4n) is 2.44. The van der Waals surface area contributed by atoms with Crippen molar-refractivity contribution in [1.82, 2.24) is 5.32 Å². The molecule has 1 unspecified atom stereocenters. The summed E-state index contributed by atoms with van der Waals surface area (Å²) in [5.74, 6) is 0. The second kappa shape index (κ2) is 6.55. The van der Waals surface area contributed by atoms with Gasteiger partial charge in [0.05, 0.1) is 0 Å². The topological polar surface area (TPSA) is 12.0 Å². The van der Waals surface area contributed by atoms with Gasteiger partial charge >= 0.3 is 0 Å². The summed E-state index contributed by atoms with van der Waals surface area (Å²) in [5.41, 5.74) is 2.81. The van der Waals surface area contributed by atoms with E-state index in [0.717, 1.165) is 11.0 Å². The zero-order chi connectivity index (χ0) is 14.6. The van der Waals surface area contributed by atoms with E-state index in [0.29, 0.717) is 6.04 Å². The SMILES string of the molecule is CC(C)(C)C(NCc1cccc(Br)c1)c1ccccc1. The molecule has 2 aromatic carbocycles. The van der Waals surface area contributed by atoms with Crippen molar-refractivity contribution in [2.75, 3.05) is 0 Å². The first kappa shape index (κ1) is 15.3. The van der Waals surface area contributed by atoms with E-state index in [1.54, 1.807) is 0 Å². The molecule has 0 bridgehead atoms. The van der Waals surface area contributed by atoms with Crippen molar-refractivity contribution < 1.29 is 0 Å². The summed E-state index contributed by atoms with van der Waals surface area (Å²) in [4.78, 5) is 0. The van der Waals surface area contributed by atoms with Crippen LogP contribution in [0.5, 0.6) is 0 Å². The van der Waals surface area contributed by atoms with Crippen LogP contribution in [0.15, 0.2) is 59.1 Å². The Bertz CT molecular complexity index is 543. The molecule has 2 heteroatoms. The lowest BCUT2D eigenvalue weighted by Gasteiger charge is -2.32. The summed E-state index contributed by atoms with van der Waals surface area (Å²) >= 11 is 3.53. The number of rotatable bonds is 4. The minimum absolute atomic E-state index is 0.174. The van der Waals surface area contributed by atoms with E-state index >= 15 is 0 Å². The van der Waals surface area contributed by atoms with Crippen LogP contribution in [0.1, 0.15) is 37.9 Å². The van der Waals surface area contributed by atoms with Gasteiger partial charge in [0.1, 0.15) is 0 Å². The predicted octanol–water partition coefficient (Wildman–Crippen LogP) is 5.33. The molecule has 2 aromatic rings. The Hall–Kier alpha value is -1.12. The van der Waals surface area contributed by atoms with Gasteiger partial charge in [0, 0.05) is 17.1 Å². The molecule has 0 radical (unpaired) electrons. The van der Waals surface area contributed by atoms with E-state index in [-0.39, 0.29) is 5.41 Å². The minimum atomic E-state index is 0.174. The maximum Gasteiger partial charge on any atom is 0.0372 e. The van der Waals surface area contributed by atoms with Crippen molar-refractivity contribution in [3.63, 3.8) is 0 Å². The van der Waals surface area contributed by atoms with Crippen molar-refractivity contribution in [1.29, 1.82) is 0 Å². The molecule has 0 heterocycles. The third-order valence-corrected chi connectivity index (χ3v) is 3.89. The number of hydrogen-bond acceptors (Lipinski definition) is 1. The summed E-state index contributed by atoms with van der Waals surface area (Å²) in [6.45, 7) is 7.70. The Morgan fingerprint density at radius 2 is 1.70 bits per heavy atom. The summed E-state index contributed by atoms with van der Waals surface area (Å²) in [6.07, 6.45) is 0. The van der Waals surface area contributed by atoms with Crippen molar-refractivity contribution in [2.45, 2.75) is 33.4 Å².